The van der Waals surface area contributed by atoms with Crippen LogP contribution < -0.4 is 0 Å². The Morgan fingerprint density at radius 2 is 0.622 bits per heavy atom. The van der Waals surface area contributed by atoms with Crippen LogP contribution in [0.2, 0.25) is 0 Å². The van der Waals surface area contributed by atoms with Crippen molar-refractivity contribution >= 4 is 0 Å². The van der Waals surface area contributed by atoms with Gasteiger partial charge in [-0.05, 0) is 98.7 Å². The van der Waals surface area contributed by atoms with E-state index in [9.17, 15) is 0 Å². The van der Waals surface area contributed by atoms with Crippen LogP contribution in [0.3, 0.4) is 0 Å². The van der Waals surface area contributed by atoms with Crippen LogP contribution in [-0.4, -0.2) is 24.7 Å². The highest BCUT2D eigenvalue weighted by Gasteiger charge is 2.52. The third-order valence-electron chi connectivity index (χ3n) is 9.79. The Labute approximate surface area is 228 Å². The molecule has 0 amide bonds. The standard InChI is InChI=1S/C26H42F4.C3H8.2C2H6/c1-15-3-7-17(8-4-15)19-11-13-21(25(29)23(19)27)22-14-12-20(24(28)26(22)30)18-9-5-16(2)6-10-18;1-3-2;2*1-2/h15-26H,3-14H2,1-2H3;3H2,1-2H3;2*1-2H3. The van der Waals surface area contributed by atoms with Gasteiger partial charge in [-0.1, -0.05) is 87.5 Å². The van der Waals surface area contributed by atoms with E-state index in [1.807, 2.05) is 27.7 Å². The molecule has 4 aliphatic carbocycles. The van der Waals surface area contributed by atoms with Crippen molar-refractivity contribution in [2.75, 3.05) is 0 Å². The van der Waals surface area contributed by atoms with E-state index < -0.39 is 36.5 Å². The van der Waals surface area contributed by atoms with Crippen LogP contribution in [0.15, 0.2) is 0 Å². The zero-order valence-corrected chi connectivity index (χ0v) is 25.6. The fourth-order valence-corrected chi connectivity index (χ4v) is 7.67. The van der Waals surface area contributed by atoms with E-state index in [2.05, 4.69) is 27.7 Å². The number of alkyl halides is 4. The Balaban J connectivity index is 0.000000894. The Hall–Kier alpha value is -0.280. The molecule has 4 rings (SSSR count). The molecule has 0 radical (unpaired) electrons. The Morgan fingerprint density at radius 3 is 0.892 bits per heavy atom. The second-order valence-electron chi connectivity index (χ2n) is 12.3. The lowest BCUT2D eigenvalue weighted by atomic mass is 9.61. The van der Waals surface area contributed by atoms with E-state index in [0.717, 1.165) is 51.4 Å². The van der Waals surface area contributed by atoms with Crippen LogP contribution in [0.1, 0.15) is 139 Å². The van der Waals surface area contributed by atoms with Crippen molar-refractivity contribution in [2.45, 2.75) is 164 Å². The maximum Gasteiger partial charge on any atom is 0.135 e. The highest BCUT2D eigenvalue weighted by atomic mass is 19.2. The molecule has 4 heteroatoms. The molecule has 4 fully saturated rings. The van der Waals surface area contributed by atoms with Gasteiger partial charge in [-0.2, -0.15) is 0 Å². The summed E-state index contributed by atoms with van der Waals surface area (Å²) in [4.78, 5) is 0. The van der Waals surface area contributed by atoms with Crippen molar-refractivity contribution in [2.24, 2.45) is 47.3 Å². The Kier molecular flexibility index (Phi) is 17.0. The van der Waals surface area contributed by atoms with E-state index in [1.165, 1.54) is 6.42 Å². The summed E-state index contributed by atoms with van der Waals surface area (Å²) >= 11 is 0. The van der Waals surface area contributed by atoms with Gasteiger partial charge in [0.05, 0.1) is 0 Å². The normalized spacial score (nSPS) is 44.1. The lowest BCUT2D eigenvalue weighted by Gasteiger charge is -2.47. The first kappa shape index (κ1) is 34.7. The molecule has 8 unspecified atom stereocenters. The number of hydrogen-bond acceptors (Lipinski definition) is 0. The number of rotatable bonds is 3. The summed E-state index contributed by atoms with van der Waals surface area (Å²) in [6, 6.07) is 0. The molecule has 222 valence electrons. The van der Waals surface area contributed by atoms with Crippen LogP contribution >= 0.6 is 0 Å². The zero-order chi connectivity index (χ0) is 28.1. The first-order valence-corrected chi connectivity index (χ1v) is 16.3. The van der Waals surface area contributed by atoms with E-state index >= 15 is 17.6 Å². The predicted octanol–water partition coefficient (Wildman–Crippen LogP) is 11.5. The third kappa shape index (κ3) is 9.40. The molecule has 0 aromatic carbocycles. The van der Waals surface area contributed by atoms with Crippen molar-refractivity contribution < 1.29 is 17.6 Å². The van der Waals surface area contributed by atoms with Gasteiger partial charge in [-0.15, -0.1) is 0 Å². The van der Waals surface area contributed by atoms with Crippen molar-refractivity contribution in [3.05, 3.63) is 0 Å². The summed E-state index contributed by atoms with van der Waals surface area (Å²) in [5, 5.41) is 0. The third-order valence-corrected chi connectivity index (χ3v) is 9.79. The average molecular weight is 535 g/mol. The lowest BCUT2D eigenvalue weighted by molar-refractivity contribution is -0.0815. The molecular weight excluding hydrogens is 472 g/mol. The maximum absolute atomic E-state index is 15.2. The van der Waals surface area contributed by atoms with Gasteiger partial charge in [0, 0.05) is 0 Å². The van der Waals surface area contributed by atoms with Gasteiger partial charge in [0.25, 0.3) is 0 Å². The Bertz CT molecular complexity index is 505. The second kappa shape index (κ2) is 18.1. The van der Waals surface area contributed by atoms with Crippen molar-refractivity contribution in [3.8, 4) is 0 Å². The summed E-state index contributed by atoms with van der Waals surface area (Å²) in [6.45, 7) is 16.7. The summed E-state index contributed by atoms with van der Waals surface area (Å²) < 4.78 is 60.8. The first-order chi connectivity index (χ1) is 17.8. The fourth-order valence-electron chi connectivity index (χ4n) is 7.67. The van der Waals surface area contributed by atoms with E-state index in [-0.39, 0.29) is 23.7 Å². The number of halogens is 4. The summed E-state index contributed by atoms with van der Waals surface area (Å²) in [5.41, 5.74) is 0. The predicted molar refractivity (Wildman–Crippen MR) is 153 cm³/mol. The molecule has 0 aliphatic heterocycles. The van der Waals surface area contributed by atoms with Gasteiger partial charge < -0.3 is 0 Å². The molecule has 0 heterocycles. The molecule has 0 bridgehead atoms. The smallest absolute Gasteiger partial charge is 0.135 e. The van der Waals surface area contributed by atoms with Crippen molar-refractivity contribution in [1.29, 1.82) is 0 Å². The van der Waals surface area contributed by atoms with Gasteiger partial charge in [-0.3, -0.25) is 0 Å². The molecule has 0 N–H and O–H groups in total. The van der Waals surface area contributed by atoms with Crippen LogP contribution in [0.5, 0.6) is 0 Å². The molecule has 8 atom stereocenters. The largest absolute Gasteiger partial charge is 0.244 e. The van der Waals surface area contributed by atoms with Gasteiger partial charge in [-0.25, -0.2) is 17.6 Å². The summed E-state index contributed by atoms with van der Waals surface area (Å²) in [7, 11) is 0. The minimum absolute atomic E-state index is 0.219. The SMILES string of the molecule is CC.CC.CC1CCC(C2CCC(C3CCC(C4CCC(C)CC4)C(F)C3F)C(F)C2F)CC1.CCC. The minimum Gasteiger partial charge on any atom is -0.244 e. The minimum atomic E-state index is -1.62. The average Bonchev–Trinajstić information content (AvgIpc) is 2.92. The molecule has 37 heavy (non-hydrogen) atoms. The quantitative estimate of drug-likeness (QED) is 0.316. The second-order valence-corrected chi connectivity index (χ2v) is 12.3. The number of hydrogen-bond donors (Lipinski definition) is 0. The summed E-state index contributed by atoms with van der Waals surface area (Å²) in [5.74, 6) is 0.206. The highest BCUT2D eigenvalue weighted by Crippen LogP contribution is 2.51. The Morgan fingerprint density at radius 1 is 0.405 bits per heavy atom. The van der Waals surface area contributed by atoms with Crippen molar-refractivity contribution in [1.82, 2.24) is 0 Å². The zero-order valence-electron chi connectivity index (χ0n) is 25.6. The van der Waals surface area contributed by atoms with E-state index in [4.69, 9.17) is 0 Å². The van der Waals surface area contributed by atoms with Gasteiger partial charge in [0.1, 0.15) is 24.7 Å². The van der Waals surface area contributed by atoms with Crippen LogP contribution in [0.25, 0.3) is 0 Å². The molecular formula is C33H62F4. The lowest BCUT2D eigenvalue weighted by Crippen LogP contribution is -2.50. The monoisotopic (exact) mass is 534 g/mol. The van der Waals surface area contributed by atoms with E-state index in [0.29, 0.717) is 37.5 Å². The van der Waals surface area contributed by atoms with Crippen molar-refractivity contribution in [3.63, 3.8) is 0 Å². The molecule has 0 aromatic heterocycles. The van der Waals surface area contributed by atoms with Gasteiger partial charge >= 0.3 is 0 Å². The maximum atomic E-state index is 15.2. The van der Waals surface area contributed by atoms with Crippen LogP contribution in [0, 0.1) is 47.3 Å². The van der Waals surface area contributed by atoms with Gasteiger partial charge in [0.15, 0.2) is 0 Å². The molecule has 0 aromatic rings. The molecule has 4 saturated carbocycles. The first-order valence-electron chi connectivity index (χ1n) is 16.3. The molecule has 0 saturated heterocycles. The van der Waals surface area contributed by atoms with Crippen LogP contribution in [0.4, 0.5) is 17.6 Å². The fraction of sp³-hybridized carbons (Fsp3) is 1.00. The molecule has 0 nitrogen and oxygen atoms in total. The highest BCUT2D eigenvalue weighted by molar-refractivity contribution is 5.00. The van der Waals surface area contributed by atoms with Gasteiger partial charge in [0.2, 0.25) is 0 Å². The molecule has 0 spiro atoms. The topological polar surface area (TPSA) is 0 Å². The summed E-state index contributed by atoms with van der Waals surface area (Å²) in [6.07, 6.45) is 5.77. The molecule has 4 aliphatic rings. The van der Waals surface area contributed by atoms with Crippen LogP contribution in [-0.2, 0) is 0 Å². The van der Waals surface area contributed by atoms with E-state index in [1.54, 1.807) is 0 Å².